The molecule has 1 saturated heterocycles. The van der Waals surface area contributed by atoms with Gasteiger partial charge in [0.15, 0.2) is 0 Å². The van der Waals surface area contributed by atoms with Gasteiger partial charge >= 0.3 is 0 Å². The number of hydrogen-bond donors (Lipinski definition) is 1. The van der Waals surface area contributed by atoms with E-state index in [9.17, 15) is 10.1 Å². The number of benzene rings is 1. The van der Waals surface area contributed by atoms with Crippen molar-refractivity contribution >= 4 is 34.0 Å². The maximum Gasteiger partial charge on any atom is 0.293 e. The molecule has 1 aliphatic carbocycles. The number of halogens is 1. The summed E-state index contributed by atoms with van der Waals surface area (Å²) in [6, 6.07) is 5.59. The van der Waals surface area contributed by atoms with Gasteiger partial charge in [0.05, 0.1) is 11.0 Å². The molecule has 108 valence electrons. The summed E-state index contributed by atoms with van der Waals surface area (Å²) in [6.45, 7) is 0.747. The summed E-state index contributed by atoms with van der Waals surface area (Å²) in [6.07, 6.45) is 4.73. The number of nitrogens with one attached hydrogen (secondary N) is 1. The minimum Gasteiger partial charge on any atom is -0.378 e. The summed E-state index contributed by atoms with van der Waals surface area (Å²) >= 11 is 2.09. The zero-order valence-electron chi connectivity index (χ0n) is 11.0. The molecule has 0 aromatic heterocycles. The maximum absolute atomic E-state index is 11.1. The van der Waals surface area contributed by atoms with E-state index in [4.69, 9.17) is 4.74 Å². The molecule has 1 N–H and O–H groups in total. The van der Waals surface area contributed by atoms with Crippen LogP contribution in [0.5, 0.6) is 0 Å². The number of ether oxygens (including phenoxy) is 1. The molecule has 5 nitrogen and oxygen atoms in total. The van der Waals surface area contributed by atoms with Crippen molar-refractivity contribution in [3.63, 3.8) is 0 Å². The predicted octanol–water partition coefficient (Wildman–Crippen LogP) is 3.57. The third kappa shape index (κ3) is 3.22. The van der Waals surface area contributed by atoms with Crippen molar-refractivity contribution in [3.05, 3.63) is 31.9 Å². The van der Waals surface area contributed by atoms with Gasteiger partial charge in [0.25, 0.3) is 5.69 Å². The third-order valence-corrected chi connectivity index (χ3v) is 4.65. The van der Waals surface area contributed by atoms with Crippen LogP contribution in [-0.2, 0) is 4.74 Å². The summed E-state index contributed by atoms with van der Waals surface area (Å²) in [5.41, 5.74) is 0.781. The monoisotopic (exact) mass is 388 g/mol. The van der Waals surface area contributed by atoms with Crippen LogP contribution in [0.3, 0.4) is 0 Å². The lowest BCUT2D eigenvalue weighted by Crippen LogP contribution is -2.35. The normalized spacial score (nSPS) is 26.2. The van der Waals surface area contributed by atoms with Gasteiger partial charge in [-0.3, -0.25) is 10.1 Å². The van der Waals surface area contributed by atoms with Crippen molar-refractivity contribution in [2.75, 3.05) is 11.9 Å². The lowest BCUT2D eigenvalue weighted by atomic mass is 9.99. The van der Waals surface area contributed by atoms with E-state index >= 15 is 0 Å². The average molecular weight is 388 g/mol. The van der Waals surface area contributed by atoms with Crippen molar-refractivity contribution < 1.29 is 9.66 Å². The summed E-state index contributed by atoms with van der Waals surface area (Å²) in [5, 5.41) is 14.5. The Morgan fingerprint density at radius 2 is 2.15 bits per heavy atom. The average Bonchev–Trinajstić information content (AvgIpc) is 3.25. The van der Waals surface area contributed by atoms with Crippen LogP contribution >= 0.6 is 22.6 Å². The molecule has 3 rings (SSSR count). The summed E-state index contributed by atoms with van der Waals surface area (Å²) in [4.78, 5) is 10.8. The fraction of sp³-hybridized carbons (Fsp3) is 0.571. The van der Waals surface area contributed by atoms with Crippen LogP contribution in [0.25, 0.3) is 0 Å². The molecule has 20 heavy (non-hydrogen) atoms. The van der Waals surface area contributed by atoms with Gasteiger partial charge in [0, 0.05) is 22.3 Å². The highest BCUT2D eigenvalue weighted by molar-refractivity contribution is 14.1. The van der Waals surface area contributed by atoms with Gasteiger partial charge in [0.2, 0.25) is 0 Å². The number of nitro benzene ring substituents is 1. The SMILES string of the molecule is O=[N+]([O-])c1cc(I)ccc1NC1CCOC(C2CC2)C1. The van der Waals surface area contributed by atoms with Crippen LogP contribution in [0.4, 0.5) is 11.4 Å². The van der Waals surface area contributed by atoms with Crippen LogP contribution in [0.2, 0.25) is 0 Å². The first-order valence-electron chi connectivity index (χ1n) is 6.95. The molecule has 6 heteroatoms. The second kappa shape index (κ2) is 5.85. The Bertz CT molecular complexity index is 519. The molecule has 2 unspecified atom stereocenters. The lowest BCUT2D eigenvalue weighted by molar-refractivity contribution is -0.384. The molecule has 0 amide bonds. The number of rotatable bonds is 4. The first-order valence-corrected chi connectivity index (χ1v) is 8.03. The minimum absolute atomic E-state index is 0.159. The number of nitrogens with zero attached hydrogens (tertiary/aromatic N) is 1. The van der Waals surface area contributed by atoms with Gasteiger partial charge in [-0.2, -0.15) is 0 Å². The lowest BCUT2D eigenvalue weighted by Gasteiger charge is -2.30. The van der Waals surface area contributed by atoms with Crippen LogP contribution in [0, 0.1) is 19.6 Å². The van der Waals surface area contributed by atoms with Gasteiger partial charge in [-0.1, -0.05) is 0 Å². The van der Waals surface area contributed by atoms with Crippen LogP contribution < -0.4 is 5.32 Å². The van der Waals surface area contributed by atoms with E-state index in [2.05, 4.69) is 27.9 Å². The molecule has 1 aromatic rings. The molecule has 2 aliphatic rings. The highest BCUT2D eigenvalue weighted by Gasteiger charge is 2.36. The van der Waals surface area contributed by atoms with Crippen molar-refractivity contribution in [1.29, 1.82) is 0 Å². The van der Waals surface area contributed by atoms with Crippen molar-refractivity contribution in [1.82, 2.24) is 0 Å². The molecule has 2 atom stereocenters. The van der Waals surface area contributed by atoms with Gasteiger partial charge in [-0.25, -0.2) is 0 Å². The number of anilines is 1. The second-order valence-corrected chi connectivity index (χ2v) is 6.78. The zero-order chi connectivity index (χ0) is 14.1. The first kappa shape index (κ1) is 14.1. The van der Waals surface area contributed by atoms with E-state index < -0.39 is 0 Å². The summed E-state index contributed by atoms with van der Waals surface area (Å²) in [5.74, 6) is 0.714. The Labute approximate surface area is 131 Å². The van der Waals surface area contributed by atoms with Crippen LogP contribution in [0.15, 0.2) is 18.2 Å². The fourth-order valence-electron chi connectivity index (χ4n) is 2.75. The van der Waals surface area contributed by atoms with Gasteiger partial charge < -0.3 is 10.1 Å². The quantitative estimate of drug-likeness (QED) is 0.487. The third-order valence-electron chi connectivity index (χ3n) is 3.98. The predicted molar refractivity (Wildman–Crippen MR) is 84.9 cm³/mol. The zero-order valence-corrected chi connectivity index (χ0v) is 13.2. The molecule has 0 bridgehead atoms. The van der Waals surface area contributed by atoms with E-state index in [0.29, 0.717) is 17.7 Å². The number of hydrogen-bond acceptors (Lipinski definition) is 4. The molecule has 0 spiro atoms. The summed E-state index contributed by atoms with van der Waals surface area (Å²) < 4.78 is 6.67. The molecule has 1 saturated carbocycles. The van der Waals surface area contributed by atoms with E-state index in [1.54, 1.807) is 6.07 Å². The standard InChI is InChI=1S/C14H17IN2O3/c15-10-3-4-12(13(7-10)17(18)19)16-11-5-6-20-14(8-11)9-1-2-9/h3-4,7,9,11,14,16H,1-2,5-6,8H2. The Kier molecular flexibility index (Phi) is 4.11. The van der Waals surface area contributed by atoms with Gasteiger partial charge in [-0.15, -0.1) is 0 Å². The minimum atomic E-state index is -0.317. The molecule has 1 aromatic carbocycles. The van der Waals surface area contributed by atoms with Crippen molar-refractivity contribution in [2.24, 2.45) is 5.92 Å². The van der Waals surface area contributed by atoms with E-state index in [0.717, 1.165) is 23.0 Å². The molecule has 0 radical (unpaired) electrons. The Morgan fingerprint density at radius 1 is 1.35 bits per heavy atom. The molecule has 1 heterocycles. The Hall–Kier alpha value is -0.890. The topological polar surface area (TPSA) is 64.4 Å². The highest BCUT2D eigenvalue weighted by atomic mass is 127. The largest absolute Gasteiger partial charge is 0.378 e. The fourth-order valence-corrected chi connectivity index (χ4v) is 3.23. The van der Waals surface area contributed by atoms with E-state index in [1.807, 2.05) is 12.1 Å². The van der Waals surface area contributed by atoms with Gasteiger partial charge in [0.1, 0.15) is 5.69 Å². The second-order valence-electron chi connectivity index (χ2n) is 5.53. The summed E-state index contributed by atoms with van der Waals surface area (Å²) in [7, 11) is 0. The highest BCUT2D eigenvalue weighted by Crippen LogP contribution is 2.39. The Morgan fingerprint density at radius 3 is 2.85 bits per heavy atom. The molecular formula is C14H17IN2O3. The van der Waals surface area contributed by atoms with E-state index in [1.165, 1.54) is 12.8 Å². The van der Waals surface area contributed by atoms with Crippen molar-refractivity contribution in [3.8, 4) is 0 Å². The maximum atomic E-state index is 11.1. The smallest absolute Gasteiger partial charge is 0.293 e. The molecule has 2 fully saturated rings. The Balaban J connectivity index is 1.71. The van der Waals surface area contributed by atoms with Crippen LogP contribution in [0.1, 0.15) is 25.7 Å². The van der Waals surface area contributed by atoms with Gasteiger partial charge in [-0.05, 0) is 66.3 Å². The molecule has 1 aliphatic heterocycles. The first-order chi connectivity index (χ1) is 9.63. The van der Waals surface area contributed by atoms with E-state index in [-0.39, 0.29) is 16.7 Å². The number of nitro groups is 1. The molecular weight excluding hydrogens is 371 g/mol. The van der Waals surface area contributed by atoms with Crippen LogP contribution in [-0.4, -0.2) is 23.7 Å². The van der Waals surface area contributed by atoms with Crippen molar-refractivity contribution in [2.45, 2.75) is 37.8 Å².